The maximum Gasteiger partial charge on any atom is 0.196 e. The molecule has 0 heterocycles. The van der Waals surface area contributed by atoms with Gasteiger partial charge in [-0.05, 0) is 53.6 Å². The van der Waals surface area contributed by atoms with Crippen molar-refractivity contribution in [1.82, 2.24) is 0 Å². The second kappa shape index (κ2) is 9.65. The molecule has 6 rings (SSSR count). The highest BCUT2D eigenvalue weighted by Gasteiger charge is 2.34. The zero-order valence-corrected chi connectivity index (χ0v) is 20.8. The SMILES string of the molecule is O=C1c2cccc(Sc3ccccc3)c2C(=O)c2c(Sc3ccccc3)cc(-c3ccccc3)cc21. The monoisotopic (exact) mass is 500 g/mol. The Labute approximate surface area is 218 Å². The molecule has 172 valence electrons. The van der Waals surface area contributed by atoms with Crippen LogP contribution < -0.4 is 0 Å². The lowest BCUT2D eigenvalue weighted by atomic mass is 9.82. The number of hydrogen-bond donors (Lipinski definition) is 0. The molecule has 5 aromatic rings. The van der Waals surface area contributed by atoms with Crippen molar-refractivity contribution in [3.05, 3.63) is 144 Å². The molecule has 2 nitrogen and oxygen atoms in total. The lowest BCUT2D eigenvalue weighted by Crippen LogP contribution is -2.22. The maximum atomic E-state index is 14.1. The van der Waals surface area contributed by atoms with Crippen LogP contribution in [0.15, 0.2) is 141 Å². The summed E-state index contributed by atoms with van der Waals surface area (Å²) < 4.78 is 0. The molecule has 0 aliphatic heterocycles. The summed E-state index contributed by atoms with van der Waals surface area (Å²) in [5.41, 5.74) is 3.85. The first-order valence-electron chi connectivity index (χ1n) is 11.6. The lowest BCUT2D eigenvalue weighted by molar-refractivity contribution is 0.0974. The third kappa shape index (κ3) is 4.19. The van der Waals surface area contributed by atoms with Crippen LogP contribution >= 0.6 is 23.5 Å². The second-order valence-electron chi connectivity index (χ2n) is 8.43. The van der Waals surface area contributed by atoms with Crippen molar-refractivity contribution in [1.29, 1.82) is 0 Å². The summed E-state index contributed by atoms with van der Waals surface area (Å²) in [6, 6.07) is 39.3. The van der Waals surface area contributed by atoms with Gasteiger partial charge in [0.15, 0.2) is 11.6 Å². The Morgan fingerprint density at radius 2 is 0.972 bits per heavy atom. The minimum absolute atomic E-state index is 0.100. The summed E-state index contributed by atoms with van der Waals surface area (Å²) >= 11 is 3.03. The Morgan fingerprint density at radius 1 is 0.417 bits per heavy atom. The molecule has 4 heteroatoms. The largest absolute Gasteiger partial charge is 0.289 e. The zero-order valence-electron chi connectivity index (χ0n) is 19.2. The van der Waals surface area contributed by atoms with Gasteiger partial charge >= 0.3 is 0 Å². The molecule has 0 radical (unpaired) electrons. The molecular weight excluding hydrogens is 480 g/mol. The average Bonchev–Trinajstić information content (AvgIpc) is 2.93. The Balaban J connectivity index is 1.53. The van der Waals surface area contributed by atoms with E-state index in [4.69, 9.17) is 0 Å². The number of carbonyl (C=O) groups excluding carboxylic acids is 2. The van der Waals surface area contributed by atoms with E-state index in [1.54, 1.807) is 6.07 Å². The number of hydrogen-bond acceptors (Lipinski definition) is 4. The van der Waals surface area contributed by atoms with E-state index in [1.807, 2.05) is 115 Å². The maximum absolute atomic E-state index is 14.1. The molecular formula is C32H20O2S2. The number of benzene rings is 5. The van der Waals surface area contributed by atoms with E-state index in [0.717, 1.165) is 30.7 Å². The summed E-state index contributed by atoms with van der Waals surface area (Å²) in [5, 5.41) is 0. The molecule has 0 unspecified atom stereocenters. The molecule has 0 N–H and O–H groups in total. The summed E-state index contributed by atoms with van der Waals surface area (Å²) in [6.07, 6.45) is 0. The molecule has 0 aromatic heterocycles. The summed E-state index contributed by atoms with van der Waals surface area (Å²) in [7, 11) is 0. The first-order chi connectivity index (χ1) is 17.7. The molecule has 0 spiro atoms. The van der Waals surface area contributed by atoms with E-state index in [0.29, 0.717) is 22.3 Å². The Bertz CT molecular complexity index is 1590. The highest BCUT2D eigenvalue weighted by Crippen LogP contribution is 2.43. The van der Waals surface area contributed by atoms with Crippen molar-refractivity contribution < 1.29 is 9.59 Å². The van der Waals surface area contributed by atoms with Crippen molar-refractivity contribution >= 4 is 35.1 Å². The van der Waals surface area contributed by atoms with Crippen LogP contribution in [0, 0.1) is 0 Å². The van der Waals surface area contributed by atoms with Crippen molar-refractivity contribution in [2.45, 2.75) is 19.6 Å². The van der Waals surface area contributed by atoms with E-state index in [-0.39, 0.29) is 11.6 Å². The minimum Gasteiger partial charge on any atom is -0.289 e. The van der Waals surface area contributed by atoms with Gasteiger partial charge in [-0.15, -0.1) is 0 Å². The standard InChI is InChI=1S/C32H20O2S2/c33-31-25-17-10-18-27(35-23-13-6-2-7-14-23)29(25)32(34)30-26(31)19-22(21-11-4-1-5-12-21)20-28(30)36-24-15-8-3-9-16-24/h1-20H. The summed E-state index contributed by atoms with van der Waals surface area (Å²) in [6.45, 7) is 0. The predicted molar refractivity (Wildman–Crippen MR) is 146 cm³/mol. The number of rotatable bonds is 5. The van der Waals surface area contributed by atoms with Gasteiger partial charge in [-0.1, -0.05) is 102 Å². The van der Waals surface area contributed by atoms with Crippen LogP contribution in [0.4, 0.5) is 0 Å². The normalized spacial score (nSPS) is 12.2. The Hall–Kier alpha value is -3.86. The van der Waals surface area contributed by atoms with Crippen LogP contribution in [0.2, 0.25) is 0 Å². The number of ketones is 2. The van der Waals surface area contributed by atoms with Crippen molar-refractivity contribution in [3.8, 4) is 11.1 Å². The fraction of sp³-hybridized carbons (Fsp3) is 0. The Kier molecular flexibility index (Phi) is 6.06. The van der Waals surface area contributed by atoms with Gasteiger partial charge in [-0.3, -0.25) is 9.59 Å². The zero-order chi connectivity index (χ0) is 24.5. The van der Waals surface area contributed by atoms with Gasteiger partial charge in [-0.25, -0.2) is 0 Å². The van der Waals surface area contributed by atoms with E-state index in [2.05, 4.69) is 0 Å². The van der Waals surface area contributed by atoms with Gasteiger partial charge in [-0.2, -0.15) is 0 Å². The van der Waals surface area contributed by atoms with Gasteiger partial charge in [0.1, 0.15) is 0 Å². The van der Waals surface area contributed by atoms with E-state index >= 15 is 0 Å². The molecule has 1 aliphatic carbocycles. The van der Waals surface area contributed by atoms with Gasteiger partial charge in [0.05, 0.1) is 0 Å². The third-order valence-corrected chi connectivity index (χ3v) is 8.24. The topological polar surface area (TPSA) is 34.1 Å². The third-order valence-electron chi connectivity index (χ3n) is 6.12. The molecule has 36 heavy (non-hydrogen) atoms. The van der Waals surface area contributed by atoms with Gasteiger partial charge in [0.2, 0.25) is 0 Å². The molecule has 1 aliphatic rings. The smallest absolute Gasteiger partial charge is 0.196 e. The first-order valence-corrected chi connectivity index (χ1v) is 13.2. The van der Waals surface area contributed by atoms with E-state index in [9.17, 15) is 9.59 Å². The highest BCUT2D eigenvalue weighted by atomic mass is 32.2. The van der Waals surface area contributed by atoms with Crippen molar-refractivity contribution in [3.63, 3.8) is 0 Å². The molecule has 0 bridgehead atoms. The van der Waals surface area contributed by atoms with Crippen molar-refractivity contribution in [2.75, 3.05) is 0 Å². The molecule has 0 atom stereocenters. The summed E-state index contributed by atoms with van der Waals surface area (Å²) in [5.74, 6) is -0.209. The van der Waals surface area contributed by atoms with Gasteiger partial charge in [0.25, 0.3) is 0 Å². The highest BCUT2D eigenvalue weighted by molar-refractivity contribution is 7.99. The fourth-order valence-electron chi connectivity index (χ4n) is 4.45. The predicted octanol–water partition coefficient (Wildman–Crippen LogP) is 8.43. The molecule has 0 saturated carbocycles. The quantitative estimate of drug-likeness (QED) is 0.238. The van der Waals surface area contributed by atoms with Crippen LogP contribution in [0.25, 0.3) is 11.1 Å². The van der Waals surface area contributed by atoms with Gasteiger partial charge < -0.3 is 0 Å². The molecule has 0 amide bonds. The van der Waals surface area contributed by atoms with Crippen molar-refractivity contribution in [2.24, 2.45) is 0 Å². The van der Waals surface area contributed by atoms with Crippen LogP contribution in [0.1, 0.15) is 31.8 Å². The van der Waals surface area contributed by atoms with Crippen LogP contribution in [-0.4, -0.2) is 11.6 Å². The molecule has 0 saturated heterocycles. The minimum atomic E-state index is -0.109. The van der Waals surface area contributed by atoms with Gasteiger partial charge in [0, 0.05) is 41.8 Å². The van der Waals surface area contributed by atoms with Crippen LogP contribution in [0.5, 0.6) is 0 Å². The Morgan fingerprint density at radius 3 is 1.61 bits per heavy atom. The van der Waals surface area contributed by atoms with Crippen LogP contribution in [0.3, 0.4) is 0 Å². The van der Waals surface area contributed by atoms with E-state index in [1.165, 1.54) is 23.5 Å². The lowest BCUT2D eigenvalue weighted by Gasteiger charge is -2.23. The number of carbonyl (C=O) groups is 2. The second-order valence-corrected chi connectivity index (χ2v) is 10.7. The fourth-order valence-corrected chi connectivity index (χ4v) is 6.48. The molecule has 5 aromatic carbocycles. The number of fused-ring (bicyclic) bond motifs is 2. The first kappa shape index (κ1) is 22.6. The molecule has 0 fully saturated rings. The van der Waals surface area contributed by atoms with E-state index < -0.39 is 0 Å². The van der Waals surface area contributed by atoms with Crippen LogP contribution in [-0.2, 0) is 0 Å². The summed E-state index contributed by atoms with van der Waals surface area (Å²) in [4.78, 5) is 31.6. The average molecular weight is 501 g/mol.